The minimum Gasteiger partial charge on any atom is -0.480 e. The van der Waals surface area contributed by atoms with Gasteiger partial charge in [-0.1, -0.05) is 0 Å². The van der Waals surface area contributed by atoms with Crippen molar-refractivity contribution in [2.24, 2.45) is 5.73 Å². The lowest BCUT2D eigenvalue weighted by molar-refractivity contribution is -0.138. The molecule has 0 radical (unpaired) electrons. The number of carbonyl (C=O) groups excluding carboxylic acids is 1. The first-order valence-electron chi connectivity index (χ1n) is 6.51. The van der Waals surface area contributed by atoms with Crippen molar-refractivity contribution in [2.45, 2.75) is 31.7 Å². The Morgan fingerprint density at radius 2 is 2.25 bits per heavy atom. The number of carboxylic acid groups (broad SMARTS) is 1. The summed E-state index contributed by atoms with van der Waals surface area (Å²) in [6.07, 6.45) is 3.31. The highest BCUT2D eigenvalue weighted by molar-refractivity contribution is 5.72. The maximum atomic E-state index is 11.3. The van der Waals surface area contributed by atoms with Crippen LogP contribution in [0.3, 0.4) is 0 Å². The van der Waals surface area contributed by atoms with Gasteiger partial charge in [-0.3, -0.25) is 4.79 Å². The third-order valence-corrected chi connectivity index (χ3v) is 2.69. The molecule has 0 aliphatic rings. The number of amides is 1. The number of hydrogen-bond acceptors (Lipinski definition) is 5. The van der Waals surface area contributed by atoms with Gasteiger partial charge in [0.05, 0.1) is 6.26 Å². The number of nitrogens with two attached hydrogens (primary N) is 1. The van der Waals surface area contributed by atoms with Crippen LogP contribution in [-0.2, 0) is 16.0 Å². The van der Waals surface area contributed by atoms with Gasteiger partial charge in [0.1, 0.15) is 18.4 Å². The largest absolute Gasteiger partial charge is 0.480 e. The Balaban J connectivity index is 1.96. The molecule has 4 N–H and O–H groups in total. The highest BCUT2D eigenvalue weighted by Gasteiger charge is 2.10. The fraction of sp³-hybridized carbons (Fsp3) is 0.538. The Hall–Kier alpha value is -2.02. The van der Waals surface area contributed by atoms with Crippen LogP contribution < -0.4 is 11.1 Å². The van der Waals surface area contributed by atoms with Crippen molar-refractivity contribution in [1.82, 2.24) is 5.32 Å². The lowest BCUT2D eigenvalue weighted by Crippen LogP contribution is -2.30. The van der Waals surface area contributed by atoms with Crippen LogP contribution >= 0.6 is 0 Å². The van der Waals surface area contributed by atoms with E-state index in [-0.39, 0.29) is 6.61 Å². The Bertz CT molecular complexity index is 405. The Morgan fingerprint density at radius 3 is 2.90 bits per heavy atom. The quantitative estimate of drug-likeness (QED) is 0.585. The molecular weight excluding hydrogens is 264 g/mol. The smallest absolute Gasteiger partial charge is 0.407 e. The van der Waals surface area contributed by atoms with E-state index in [1.165, 1.54) is 0 Å². The average Bonchev–Trinajstić information content (AvgIpc) is 2.91. The van der Waals surface area contributed by atoms with Gasteiger partial charge in [-0.05, 0) is 31.4 Å². The van der Waals surface area contributed by atoms with E-state index in [1.807, 2.05) is 6.07 Å². The SMILES string of the molecule is N[C@@H](CCCCNC(=O)OCCc1ccco1)C(=O)O. The molecule has 0 spiro atoms. The van der Waals surface area contributed by atoms with Crippen LogP contribution in [0.2, 0.25) is 0 Å². The second kappa shape index (κ2) is 8.98. The molecular formula is C13H20N2O5. The van der Waals surface area contributed by atoms with Crippen LogP contribution in [0, 0.1) is 0 Å². The standard InChI is InChI=1S/C13H20N2O5/c14-11(12(16)17)5-1-2-7-15-13(18)20-9-6-10-4-3-8-19-10/h3-4,8,11H,1-2,5-7,9,14H2,(H,15,18)(H,16,17)/t11-/m0/s1. The first-order chi connectivity index (χ1) is 9.59. The van der Waals surface area contributed by atoms with Gasteiger partial charge in [-0.25, -0.2) is 4.79 Å². The second-order valence-corrected chi connectivity index (χ2v) is 4.33. The number of rotatable bonds is 9. The minimum absolute atomic E-state index is 0.253. The van der Waals surface area contributed by atoms with Gasteiger partial charge in [-0.2, -0.15) is 0 Å². The highest BCUT2D eigenvalue weighted by Crippen LogP contribution is 2.01. The van der Waals surface area contributed by atoms with E-state index < -0.39 is 18.1 Å². The molecule has 1 aromatic heterocycles. The summed E-state index contributed by atoms with van der Waals surface area (Å²) in [4.78, 5) is 21.8. The van der Waals surface area contributed by atoms with Crippen molar-refractivity contribution >= 4 is 12.1 Å². The number of alkyl carbamates (subject to hydrolysis) is 1. The van der Waals surface area contributed by atoms with Crippen LogP contribution in [0.1, 0.15) is 25.0 Å². The summed E-state index contributed by atoms with van der Waals surface area (Å²) in [5, 5.41) is 11.2. The zero-order valence-corrected chi connectivity index (χ0v) is 11.2. The van der Waals surface area contributed by atoms with Crippen molar-refractivity contribution < 1.29 is 23.8 Å². The number of ether oxygens (including phenoxy) is 1. The molecule has 1 aromatic rings. The molecule has 0 fully saturated rings. The fourth-order valence-corrected chi connectivity index (χ4v) is 1.55. The fourth-order valence-electron chi connectivity index (χ4n) is 1.55. The van der Waals surface area contributed by atoms with E-state index in [0.29, 0.717) is 32.2 Å². The normalized spacial score (nSPS) is 11.8. The third kappa shape index (κ3) is 6.79. The number of unbranched alkanes of at least 4 members (excludes halogenated alkanes) is 1. The predicted molar refractivity (Wildman–Crippen MR) is 71.2 cm³/mol. The summed E-state index contributed by atoms with van der Waals surface area (Å²) < 4.78 is 10.1. The monoisotopic (exact) mass is 284 g/mol. The highest BCUT2D eigenvalue weighted by atomic mass is 16.5. The molecule has 1 heterocycles. The second-order valence-electron chi connectivity index (χ2n) is 4.33. The minimum atomic E-state index is -1.00. The van der Waals surface area contributed by atoms with Gasteiger partial charge in [-0.15, -0.1) is 0 Å². The molecule has 7 heteroatoms. The lowest BCUT2D eigenvalue weighted by atomic mass is 10.1. The van der Waals surface area contributed by atoms with Crippen LogP contribution in [0.15, 0.2) is 22.8 Å². The average molecular weight is 284 g/mol. The molecule has 7 nitrogen and oxygen atoms in total. The van der Waals surface area contributed by atoms with E-state index in [0.717, 1.165) is 5.76 Å². The van der Waals surface area contributed by atoms with Crippen LogP contribution in [0.5, 0.6) is 0 Å². The predicted octanol–water partition coefficient (Wildman–Crippen LogP) is 1.13. The zero-order chi connectivity index (χ0) is 14.8. The molecule has 0 aliphatic heterocycles. The number of aliphatic carboxylic acids is 1. The molecule has 0 aliphatic carbocycles. The Morgan fingerprint density at radius 1 is 1.45 bits per heavy atom. The summed E-state index contributed by atoms with van der Waals surface area (Å²) in [5.74, 6) is -0.240. The van der Waals surface area contributed by atoms with Crippen molar-refractivity contribution in [3.8, 4) is 0 Å². The number of carboxylic acids is 1. The molecule has 0 saturated heterocycles. The van der Waals surface area contributed by atoms with Crippen LogP contribution in [0.25, 0.3) is 0 Å². The summed E-state index contributed by atoms with van der Waals surface area (Å²) in [6, 6.07) is 2.75. The Kier molecular flexibility index (Phi) is 7.20. The van der Waals surface area contributed by atoms with Gasteiger partial charge >= 0.3 is 12.1 Å². The number of furan rings is 1. The van der Waals surface area contributed by atoms with Crippen molar-refractivity contribution in [2.75, 3.05) is 13.2 Å². The summed E-state index contributed by atoms with van der Waals surface area (Å²) in [6.45, 7) is 0.690. The van der Waals surface area contributed by atoms with E-state index in [9.17, 15) is 9.59 Å². The summed E-state index contributed by atoms with van der Waals surface area (Å²) in [7, 11) is 0. The van der Waals surface area contributed by atoms with Gasteiger partial charge in [0, 0.05) is 13.0 Å². The molecule has 112 valence electrons. The number of carbonyl (C=O) groups is 2. The molecule has 0 unspecified atom stereocenters. The summed E-state index contributed by atoms with van der Waals surface area (Å²) in [5.41, 5.74) is 5.35. The maximum Gasteiger partial charge on any atom is 0.407 e. The molecule has 1 rings (SSSR count). The molecule has 0 aromatic carbocycles. The van der Waals surface area contributed by atoms with Gasteiger partial charge in [0.15, 0.2) is 0 Å². The lowest BCUT2D eigenvalue weighted by Gasteiger charge is -2.07. The van der Waals surface area contributed by atoms with Crippen LogP contribution in [0.4, 0.5) is 4.79 Å². The van der Waals surface area contributed by atoms with E-state index >= 15 is 0 Å². The first kappa shape index (κ1) is 16.0. The molecule has 1 atom stereocenters. The van der Waals surface area contributed by atoms with E-state index in [4.69, 9.17) is 20.0 Å². The topological polar surface area (TPSA) is 115 Å². The molecule has 0 bridgehead atoms. The third-order valence-electron chi connectivity index (χ3n) is 2.69. The van der Waals surface area contributed by atoms with E-state index in [2.05, 4.69) is 5.32 Å². The summed E-state index contributed by atoms with van der Waals surface area (Å²) >= 11 is 0. The van der Waals surface area contributed by atoms with Crippen LogP contribution in [-0.4, -0.2) is 36.4 Å². The van der Waals surface area contributed by atoms with E-state index in [1.54, 1.807) is 12.3 Å². The number of nitrogens with one attached hydrogen (secondary N) is 1. The molecule has 20 heavy (non-hydrogen) atoms. The van der Waals surface area contributed by atoms with Gasteiger partial charge in [0.25, 0.3) is 0 Å². The number of hydrogen-bond donors (Lipinski definition) is 3. The molecule has 0 saturated carbocycles. The zero-order valence-electron chi connectivity index (χ0n) is 11.2. The van der Waals surface area contributed by atoms with Gasteiger partial charge < -0.3 is 25.3 Å². The van der Waals surface area contributed by atoms with Crippen molar-refractivity contribution in [3.05, 3.63) is 24.2 Å². The van der Waals surface area contributed by atoms with Crippen molar-refractivity contribution in [1.29, 1.82) is 0 Å². The van der Waals surface area contributed by atoms with Gasteiger partial charge in [0.2, 0.25) is 0 Å². The molecule has 1 amide bonds. The van der Waals surface area contributed by atoms with Crippen molar-refractivity contribution in [3.63, 3.8) is 0 Å². The Labute approximate surface area is 117 Å². The first-order valence-corrected chi connectivity index (χ1v) is 6.51. The maximum absolute atomic E-state index is 11.3.